The van der Waals surface area contributed by atoms with Crippen molar-refractivity contribution in [2.45, 2.75) is 58.7 Å². The first kappa shape index (κ1) is 26.3. The van der Waals surface area contributed by atoms with Crippen molar-refractivity contribution in [3.05, 3.63) is 47.7 Å². The van der Waals surface area contributed by atoms with E-state index < -0.39 is 17.5 Å². The summed E-state index contributed by atoms with van der Waals surface area (Å²) in [6.07, 6.45) is 5.03. The van der Waals surface area contributed by atoms with E-state index in [1.165, 1.54) is 12.1 Å². The number of methoxy groups -OCH3 is 1. The normalized spacial score (nSPS) is 18.3. The van der Waals surface area contributed by atoms with Gasteiger partial charge in [-0.3, -0.25) is 24.4 Å². The van der Waals surface area contributed by atoms with Crippen LogP contribution in [-0.4, -0.2) is 53.5 Å². The maximum Gasteiger partial charge on any atom is 0.315 e. The lowest BCUT2D eigenvalue weighted by Crippen LogP contribution is -2.60. The highest BCUT2D eigenvalue weighted by Crippen LogP contribution is 2.23. The zero-order valence-electron chi connectivity index (χ0n) is 21.0. The molecule has 0 radical (unpaired) electrons. The molecule has 1 aliphatic rings. The largest absolute Gasteiger partial charge is 0.468 e. The first-order valence-electron chi connectivity index (χ1n) is 11.8. The molecular weight excluding hydrogens is 446 g/mol. The SMILES string of the molecule is COC(=O)C(C)(C)/C=C/c1ccc2ccc([C@@H](C)NC(=O)[C@@H]3CCCN(C(=O)[C@H](C)N)N3)nc2c1. The average Bonchev–Trinajstić information content (AvgIpc) is 2.85. The number of esters is 1. The summed E-state index contributed by atoms with van der Waals surface area (Å²) in [5, 5.41) is 5.41. The summed E-state index contributed by atoms with van der Waals surface area (Å²) in [4.78, 5) is 41.7. The van der Waals surface area contributed by atoms with Gasteiger partial charge in [0.15, 0.2) is 0 Å². The first-order valence-corrected chi connectivity index (χ1v) is 11.8. The Labute approximate surface area is 206 Å². The molecule has 1 aliphatic heterocycles. The summed E-state index contributed by atoms with van der Waals surface area (Å²) in [5.41, 5.74) is 10.4. The molecular formula is C26H35N5O4. The van der Waals surface area contributed by atoms with Crippen LogP contribution in [0, 0.1) is 5.41 Å². The third-order valence-corrected chi connectivity index (χ3v) is 6.10. The number of carbonyl (C=O) groups is 3. The molecule has 2 amide bonds. The van der Waals surface area contributed by atoms with Gasteiger partial charge in [0, 0.05) is 11.9 Å². The molecule has 0 unspecified atom stereocenters. The number of fused-ring (bicyclic) bond motifs is 1. The number of nitrogens with zero attached hydrogens (tertiary/aromatic N) is 2. The van der Waals surface area contributed by atoms with Crippen LogP contribution in [0.4, 0.5) is 0 Å². The maximum atomic E-state index is 12.9. The molecule has 35 heavy (non-hydrogen) atoms. The first-order chi connectivity index (χ1) is 16.5. The molecule has 0 aliphatic carbocycles. The van der Waals surface area contributed by atoms with Crippen LogP contribution in [0.25, 0.3) is 17.0 Å². The number of hydrogen-bond donors (Lipinski definition) is 3. The Morgan fingerprint density at radius 1 is 1.26 bits per heavy atom. The van der Waals surface area contributed by atoms with Gasteiger partial charge in [-0.15, -0.1) is 0 Å². The molecule has 0 spiro atoms. The number of carbonyl (C=O) groups excluding carboxylic acids is 3. The highest BCUT2D eigenvalue weighted by molar-refractivity contribution is 5.85. The van der Waals surface area contributed by atoms with Crippen molar-refractivity contribution in [1.29, 1.82) is 0 Å². The third kappa shape index (κ3) is 6.43. The number of hydrazine groups is 1. The van der Waals surface area contributed by atoms with Gasteiger partial charge in [-0.05, 0) is 58.2 Å². The Hall–Kier alpha value is -3.30. The van der Waals surface area contributed by atoms with E-state index in [4.69, 9.17) is 15.5 Å². The van der Waals surface area contributed by atoms with Crippen LogP contribution in [0.15, 0.2) is 36.4 Å². The van der Waals surface area contributed by atoms with Crippen molar-refractivity contribution < 1.29 is 19.1 Å². The molecule has 0 bridgehead atoms. The fourth-order valence-electron chi connectivity index (χ4n) is 3.90. The van der Waals surface area contributed by atoms with Crippen LogP contribution in [0.3, 0.4) is 0 Å². The average molecular weight is 482 g/mol. The highest BCUT2D eigenvalue weighted by Gasteiger charge is 2.30. The van der Waals surface area contributed by atoms with Gasteiger partial charge < -0.3 is 15.8 Å². The number of nitrogens with one attached hydrogen (secondary N) is 2. The van der Waals surface area contributed by atoms with E-state index in [2.05, 4.69) is 10.7 Å². The molecule has 0 saturated carbocycles. The van der Waals surface area contributed by atoms with Crippen LogP contribution in [0.2, 0.25) is 0 Å². The molecule has 1 aromatic carbocycles. The van der Waals surface area contributed by atoms with E-state index in [0.717, 1.165) is 28.6 Å². The third-order valence-electron chi connectivity index (χ3n) is 6.10. The monoisotopic (exact) mass is 481 g/mol. The maximum absolute atomic E-state index is 12.9. The molecule has 1 fully saturated rings. The van der Waals surface area contributed by atoms with E-state index in [9.17, 15) is 14.4 Å². The standard InChI is InChI=1S/C26H35N5O4/c1-16(27)24(33)31-14-6-7-21(30-31)23(32)28-17(2)20-11-10-19-9-8-18(15-22(19)29-20)12-13-26(3,4)25(34)35-5/h8-13,15-17,21,30H,6-7,14,27H2,1-5H3,(H,28,32)/b13-12+/t16-,17+,21-/m0/s1. The minimum atomic E-state index is -0.743. The number of benzene rings is 1. The van der Waals surface area contributed by atoms with Gasteiger partial charge >= 0.3 is 5.97 Å². The van der Waals surface area contributed by atoms with Crippen LogP contribution in [0.5, 0.6) is 0 Å². The number of pyridine rings is 1. The molecule has 1 aromatic heterocycles. The topological polar surface area (TPSA) is 127 Å². The summed E-state index contributed by atoms with van der Waals surface area (Å²) in [6, 6.07) is 8.26. The van der Waals surface area contributed by atoms with Gasteiger partial charge in [0.25, 0.3) is 5.91 Å². The second kappa shape index (κ2) is 11.0. The summed E-state index contributed by atoms with van der Waals surface area (Å²) in [5.74, 6) is -0.730. The van der Waals surface area contributed by atoms with Gasteiger partial charge in [0.05, 0.1) is 35.8 Å². The lowest BCUT2D eigenvalue weighted by Gasteiger charge is -2.34. The lowest BCUT2D eigenvalue weighted by molar-refractivity contribution is -0.148. The smallest absolute Gasteiger partial charge is 0.315 e. The summed E-state index contributed by atoms with van der Waals surface area (Å²) in [7, 11) is 1.37. The van der Waals surface area contributed by atoms with Crippen molar-refractivity contribution >= 4 is 34.8 Å². The molecule has 1 saturated heterocycles. The highest BCUT2D eigenvalue weighted by atomic mass is 16.5. The Morgan fingerprint density at radius 3 is 2.66 bits per heavy atom. The summed E-state index contributed by atoms with van der Waals surface area (Å²) < 4.78 is 4.85. The molecule has 2 heterocycles. The quantitative estimate of drug-likeness (QED) is 0.519. The molecule has 3 atom stereocenters. The van der Waals surface area contributed by atoms with Crippen LogP contribution >= 0.6 is 0 Å². The van der Waals surface area contributed by atoms with Gasteiger partial charge in [0.2, 0.25) is 5.91 Å². The zero-order valence-corrected chi connectivity index (χ0v) is 21.0. The Balaban J connectivity index is 1.71. The van der Waals surface area contributed by atoms with Crippen LogP contribution in [-0.2, 0) is 19.1 Å². The van der Waals surface area contributed by atoms with E-state index >= 15 is 0 Å². The molecule has 9 heteroatoms. The number of rotatable bonds is 7. The summed E-state index contributed by atoms with van der Waals surface area (Å²) in [6.45, 7) is 7.62. The van der Waals surface area contributed by atoms with E-state index in [-0.39, 0.29) is 23.8 Å². The number of aromatic nitrogens is 1. The van der Waals surface area contributed by atoms with Crippen molar-refractivity contribution in [2.75, 3.05) is 13.7 Å². The predicted molar refractivity (Wildman–Crippen MR) is 135 cm³/mol. The van der Waals surface area contributed by atoms with Gasteiger partial charge in [-0.2, -0.15) is 0 Å². The van der Waals surface area contributed by atoms with Gasteiger partial charge in [0.1, 0.15) is 6.04 Å². The van der Waals surface area contributed by atoms with E-state index in [1.54, 1.807) is 20.8 Å². The molecule has 2 aromatic rings. The van der Waals surface area contributed by atoms with Gasteiger partial charge in [-0.25, -0.2) is 5.43 Å². The minimum absolute atomic E-state index is 0.191. The minimum Gasteiger partial charge on any atom is -0.468 e. The van der Waals surface area contributed by atoms with Crippen molar-refractivity contribution in [3.63, 3.8) is 0 Å². The van der Waals surface area contributed by atoms with E-state index in [0.29, 0.717) is 13.0 Å². The number of amides is 2. The molecule has 3 rings (SSSR count). The Bertz CT molecular complexity index is 1130. The second-order valence-electron chi connectivity index (χ2n) is 9.57. The Kier molecular flexibility index (Phi) is 8.24. The molecule has 4 N–H and O–H groups in total. The Morgan fingerprint density at radius 2 is 1.97 bits per heavy atom. The predicted octanol–water partition coefficient (Wildman–Crippen LogP) is 2.47. The molecule has 188 valence electrons. The number of ether oxygens (including phenoxy) is 1. The number of hydrogen-bond acceptors (Lipinski definition) is 7. The lowest BCUT2D eigenvalue weighted by atomic mass is 9.92. The number of nitrogens with two attached hydrogens (primary N) is 1. The second-order valence-corrected chi connectivity index (χ2v) is 9.57. The fraction of sp³-hybridized carbons (Fsp3) is 0.462. The zero-order chi connectivity index (χ0) is 25.8. The van der Waals surface area contributed by atoms with Crippen LogP contribution < -0.4 is 16.5 Å². The van der Waals surface area contributed by atoms with Gasteiger partial charge in [-0.1, -0.05) is 30.4 Å². The molecule has 9 nitrogen and oxygen atoms in total. The fourth-order valence-corrected chi connectivity index (χ4v) is 3.90. The van der Waals surface area contributed by atoms with Crippen LogP contribution in [0.1, 0.15) is 57.8 Å². The van der Waals surface area contributed by atoms with E-state index in [1.807, 2.05) is 49.4 Å². The van der Waals surface area contributed by atoms with Crippen molar-refractivity contribution in [2.24, 2.45) is 11.1 Å². The van der Waals surface area contributed by atoms with Crippen molar-refractivity contribution in [3.8, 4) is 0 Å². The summed E-state index contributed by atoms with van der Waals surface area (Å²) >= 11 is 0. The van der Waals surface area contributed by atoms with Crippen molar-refractivity contribution in [1.82, 2.24) is 20.7 Å².